The van der Waals surface area contributed by atoms with Crippen LogP contribution in [0.2, 0.25) is 0 Å². The molecule has 0 aliphatic carbocycles. The van der Waals surface area contributed by atoms with E-state index in [1.54, 1.807) is 36.4 Å². The third kappa shape index (κ3) is 3.68. The number of hydrogen-bond acceptors (Lipinski definition) is 3. The van der Waals surface area contributed by atoms with E-state index in [9.17, 15) is 9.59 Å². The summed E-state index contributed by atoms with van der Waals surface area (Å²) in [4.78, 5) is 23.0. The summed E-state index contributed by atoms with van der Waals surface area (Å²) < 4.78 is 5.26. The number of anilines is 1. The average molecular weight is 269 g/mol. The van der Waals surface area contributed by atoms with Crippen LogP contribution in [0.4, 0.5) is 5.69 Å². The van der Waals surface area contributed by atoms with Crippen LogP contribution in [0.15, 0.2) is 48.5 Å². The standard InChI is InChI=1S/C16H15NO3/c1-11-6-8-15(9-7-11)20-16(19)13-4-3-5-14(10-13)17-12(2)18/h3-10H,1-2H3,(H,17,18). The Balaban J connectivity index is 2.12. The molecule has 2 aromatic rings. The molecule has 4 heteroatoms. The second kappa shape index (κ2) is 6.02. The van der Waals surface area contributed by atoms with E-state index in [-0.39, 0.29) is 5.91 Å². The molecule has 4 nitrogen and oxygen atoms in total. The number of esters is 1. The second-order valence-corrected chi connectivity index (χ2v) is 4.46. The van der Waals surface area contributed by atoms with Crippen molar-refractivity contribution >= 4 is 17.6 Å². The van der Waals surface area contributed by atoms with E-state index in [0.717, 1.165) is 5.56 Å². The predicted molar refractivity (Wildman–Crippen MR) is 76.9 cm³/mol. The minimum Gasteiger partial charge on any atom is -0.423 e. The van der Waals surface area contributed by atoms with E-state index in [2.05, 4.69) is 5.32 Å². The lowest BCUT2D eigenvalue weighted by molar-refractivity contribution is -0.114. The van der Waals surface area contributed by atoms with Crippen LogP contribution in [0.3, 0.4) is 0 Å². The smallest absolute Gasteiger partial charge is 0.343 e. The Morgan fingerprint density at radius 2 is 1.75 bits per heavy atom. The van der Waals surface area contributed by atoms with Gasteiger partial charge in [-0.3, -0.25) is 4.79 Å². The number of hydrogen-bond donors (Lipinski definition) is 1. The summed E-state index contributed by atoms with van der Waals surface area (Å²) in [5.41, 5.74) is 2.05. The van der Waals surface area contributed by atoms with Gasteiger partial charge in [-0.2, -0.15) is 0 Å². The molecular formula is C16H15NO3. The summed E-state index contributed by atoms with van der Waals surface area (Å²) >= 11 is 0. The van der Waals surface area contributed by atoms with Crippen LogP contribution < -0.4 is 10.1 Å². The molecular weight excluding hydrogens is 254 g/mol. The number of amides is 1. The first kappa shape index (κ1) is 13.8. The van der Waals surface area contributed by atoms with Gasteiger partial charge in [0.1, 0.15) is 5.75 Å². The molecule has 0 saturated carbocycles. The maximum atomic E-state index is 12.0. The molecule has 0 saturated heterocycles. The van der Waals surface area contributed by atoms with Crippen molar-refractivity contribution < 1.29 is 14.3 Å². The monoisotopic (exact) mass is 269 g/mol. The summed E-state index contributed by atoms with van der Waals surface area (Å²) in [6.07, 6.45) is 0. The highest BCUT2D eigenvalue weighted by Gasteiger charge is 2.09. The normalized spacial score (nSPS) is 9.90. The Morgan fingerprint density at radius 3 is 2.40 bits per heavy atom. The molecule has 1 N–H and O–H groups in total. The van der Waals surface area contributed by atoms with Crippen molar-refractivity contribution in [2.75, 3.05) is 5.32 Å². The first-order chi connectivity index (χ1) is 9.54. The van der Waals surface area contributed by atoms with Gasteiger partial charge in [-0.1, -0.05) is 23.8 Å². The molecule has 0 heterocycles. The van der Waals surface area contributed by atoms with E-state index in [4.69, 9.17) is 4.74 Å². The molecule has 0 fully saturated rings. The first-order valence-electron chi connectivity index (χ1n) is 6.21. The topological polar surface area (TPSA) is 55.4 Å². The summed E-state index contributed by atoms with van der Waals surface area (Å²) in [6, 6.07) is 13.9. The summed E-state index contributed by atoms with van der Waals surface area (Å²) in [7, 11) is 0. The van der Waals surface area contributed by atoms with Crippen LogP contribution >= 0.6 is 0 Å². The van der Waals surface area contributed by atoms with Gasteiger partial charge in [-0.25, -0.2) is 4.79 Å². The predicted octanol–water partition coefficient (Wildman–Crippen LogP) is 3.17. The van der Waals surface area contributed by atoms with Gasteiger partial charge < -0.3 is 10.1 Å². The Bertz CT molecular complexity index is 632. The summed E-state index contributed by atoms with van der Waals surface area (Å²) in [6.45, 7) is 3.37. The number of nitrogens with one attached hydrogen (secondary N) is 1. The highest BCUT2D eigenvalue weighted by atomic mass is 16.5. The van der Waals surface area contributed by atoms with E-state index < -0.39 is 5.97 Å². The Kier molecular flexibility index (Phi) is 4.15. The number of rotatable bonds is 3. The lowest BCUT2D eigenvalue weighted by atomic mass is 10.2. The first-order valence-corrected chi connectivity index (χ1v) is 6.21. The van der Waals surface area contributed by atoms with Gasteiger partial charge in [0, 0.05) is 12.6 Å². The van der Waals surface area contributed by atoms with Crippen LogP contribution in [0.25, 0.3) is 0 Å². The van der Waals surface area contributed by atoms with Crippen molar-refractivity contribution in [3.63, 3.8) is 0 Å². The van der Waals surface area contributed by atoms with E-state index in [0.29, 0.717) is 17.0 Å². The molecule has 0 aliphatic heterocycles. The number of carbonyl (C=O) groups excluding carboxylic acids is 2. The molecule has 0 atom stereocenters. The van der Waals surface area contributed by atoms with Crippen molar-refractivity contribution in [1.82, 2.24) is 0 Å². The van der Waals surface area contributed by atoms with Crippen molar-refractivity contribution in [1.29, 1.82) is 0 Å². The van der Waals surface area contributed by atoms with Crippen molar-refractivity contribution in [2.24, 2.45) is 0 Å². The van der Waals surface area contributed by atoms with Gasteiger partial charge in [0.25, 0.3) is 0 Å². The minimum atomic E-state index is -0.457. The van der Waals surface area contributed by atoms with Crippen LogP contribution in [0, 0.1) is 6.92 Å². The highest BCUT2D eigenvalue weighted by molar-refractivity contribution is 5.94. The molecule has 2 rings (SSSR count). The fourth-order valence-electron chi connectivity index (χ4n) is 1.70. The number of ether oxygens (including phenoxy) is 1. The van der Waals surface area contributed by atoms with Crippen LogP contribution in [0.5, 0.6) is 5.75 Å². The molecule has 0 aromatic heterocycles. The second-order valence-electron chi connectivity index (χ2n) is 4.46. The van der Waals surface area contributed by atoms with Gasteiger partial charge in [-0.05, 0) is 37.3 Å². The fraction of sp³-hybridized carbons (Fsp3) is 0.125. The Labute approximate surface area is 117 Å². The van der Waals surface area contributed by atoms with Crippen molar-refractivity contribution in [3.8, 4) is 5.75 Å². The molecule has 20 heavy (non-hydrogen) atoms. The SMILES string of the molecule is CC(=O)Nc1cccc(C(=O)Oc2ccc(C)cc2)c1. The van der Waals surface area contributed by atoms with Crippen LogP contribution in [-0.2, 0) is 4.79 Å². The maximum Gasteiger partial charge on any atom is 0.343 e. The molecule has 102 valence electrons. The molecule has 2 aromatic carbocycles. The Morgan fingerprint density at radius 1 is 1.05 bits per heavy atom. The van der Waals surface area contributed by atoms with Crippen LogP contribution in [0.1, 0.15) is 22.8 Å². The van der Waals surface area contributed by atoms with Gasteiger partial charge in [0.05, 0.1) is 5.56 Å². The zero-order valence-electron chi connectivity index (χ0n) is 11.3. The van der Waals surface area contributed by atoms with Gasteiger partial charge >= 0.3 is 5.97 Å². The molecule has 0 aliphatic rings. The quantitative estimate of drug-likeness (QED) is 0.687. The number of aryl methyl sites for hydroxylation is 1. The summed E-state index contributed by atoms with van der Waals surface area (Å²) in [5.74, 6) is -0.152. The Hall–Kier alpha value is -2.62. The zero-order valence-corrected chi connectivity index (χ0v) is 11.3. The number of benzene rings is 2. The van der Waals surface area contributed by atoms with Gasteiger partial charge in [0.2, 0.25) is 5.91 Å². The largest absolute Gasteiger partial charge is 0.423 e. The molecule has 0 radical (unpaired) electrons. The van der Waals surface area contributed by atoms with Gasteiger partial charge in [0.15, 0.2) is 0 Å². The maximum absolute atomic E-state index is 12.0. The lowest BCUT2D eigenvalue weighted by Crippen LogP contribution is -2.10. The van der Waals surface area contributed by atoms with Crippen molar-refractivity contribution in [2.45, 2.75) is 13.8 Å². The lowest BCUT2D eigenvalue weighted by Gasteiger charge is -2.06. The third-order valence-corrected chi connectivity index (χ3v) is 2.65. The van der Waals surface area contributed by atoms with Gasteiger partial charge in [-0.15, -0.1) is 0 Å². The highest BCUT2D eigenvalue weighted by Crippen LogP contribution is 2.16. The molecule has 0 spiro atoms. The minimum absolute atomic E-state index is 0.186. The van der Waals surface area contributed by atoms with Crippen molar-refractivity contribution in [3.05, 3.63) is 59.7 Å². The molecule has 0 unspecified atom stereocenters. The average Bonchev–Trinajstić information content (AvgIpc) is 2.41. The zero-order chi connectivity index (χ0) is 14.5. The fourth-order valence-corrected chi connectivity index (χ4v) is 1.70. The van der Waals surface area contributed by atoms with Crippen LogP contribution in [-0.4, -0.2) is 11.9 Å². The van der Waals surface area contributed by atoms with E-state index >= 15 is 0 Å². The molecule has 1 amide bonds. The third-order valence-electron chi connectivity index (χ3n) is 2.65. The summed E-state index contributed by atoms with van der Waals surface area (Å²) in [5, 5.41) is 2.62. The molecule has 0 bridgehead atoms. The number of carbonyl (C=O) groups is 2. The van der Waals surface area contributed by atoms with E-state index in [1.165, 1.54) is 6.92 Å². The van der Waals surface area contributed by atoms with E-state index in [1.807, 2.05) is 19.1 Å².